The number of aryl methyl sites for hydroxylation is 1. The second kappa shape index (κ2) is 7.58. The lowest BCUT2D eigenvalue weighted by atomic mass is 9.99. The van der Waals surface area contributed by atoms with Gasteiger partial charge in [-0.25, -0.2) is 9.97 Å². The Labute approximate surface area is 157 Å². The van der Waals surface area contributed by atoms with E-state index in [1.807, 2.05) is 4.90 Å². The van der Waals surface area contributed by atoms with Gasteiger partial charge < -0.3 is 10.2 Å². The maximum absolute atomic E-state index is 12.7. The van der Waals surface area contributed by atoms with E-state index in [4.69, 9.17) is 23.2 Å². The van der Waals surface area contributed by atoms with Gasteiger partial charge in [0, 0.05) is 34.9 Å². The largest absolute Gasteiger partial charge is 0.340 e. The molecule has 2 heterocycles. The Balaban J connectivity index is 1.81. The molecule has 0 aliphatic carbocycles. The van der Waals surface area contributed by atoms with Gasteiger partial charge in [-0.3, -0.25) is 4.79 Å². The van der Waals surface area contributed by atoms with E-state index in [1.165, 1.54) is 0 Å². The standard InChI is InChI=1S/C18H20Cl2N4O/c1-11-3-5-24(6-4-11)18(25)16-10-17(22-12(2)21-16)23-15-8-13(19)7-14(20)9-15/h7-11H,3-6H2,1-2H3,(H,21,22,23). The molecule has 1 amide bonds. The van der Waals surface area contributed by atoms with E-state index in [2.05, 4.69) is 22.2 Å². The molecule has 0 radical (unpaired) electrons. The van der Waals surface area contributed by atoms with E-state index < -0.39 is 0 Å². The summed E-state index contributed by atoms with van der Waals surface area (Å²) in [4.78, 5) is 23.3. The third-order valence-electron chi connectivity index (χ3n) is 4.26. The molecule has 1 aromatic heterocycles. The monoisotopic (exact) mass is 378 g/mol. The number of carbonyl (C=O) groups is 1. The van der Waals surface area contributed by atoms with Crippen LogP contribution in [-0.4, -0.2) is 33.9 Å². The molecule has 0 saturated carbocycles. The molecule has 2 aromatic rings. The zero-order valence-electron chi connectivity index (χ0n) is 14.2. The first-order valence-corrected chi connectivity index (χ1v) is 9.04. The van der Waals surface area contributed by atoms with Crippen LogP contribution in [0.3, 0.4) is 0 Å². The van der Waals surface area contributed by atoms with Gasteiger partial charge in [-0.1, -0.05) is 30.1 Å². The van der Waals surface area contributed by atoms with Crippen molar-refractivity contribution in [1.82, 2.24) is 14.9 Å². The van der Waals surface area contributed by atoms with Gasteiger partial charge in [0.2, 0.25) is 0 Å². The van der Waals surface area contributed by atoms with Crippen LogP contribution in [0.1, 0.15) is 36.1 Å². The molecule has 1 N–H and O–H groups in total. The lowest BCUT2D eigenvalue weighted by Crippen LogP contribution is -2.38. The lowest BCUT2D eigenvalue weighted by Gasteiger charge is -2.30. The smallest absolute Gasteiger partial charge is 0.272 e. The van der Waals surface area contributed by atoms with Gasteiger partial charge in [0.1, 0.15) is 17.3 Å². The minimum Gasteiger partial charge on any atom is -0.340 e. The molecule has 1 aromatic carbocycles. The number of amides is 1. The molecule has 0 bridgehead atoms. The SMILES string of the molecule is Cc1nc(Nc2cc(Cl)cc(Cl)c2)cc(C(=O)N2CCC(C)CC2)n1. The van der Waals surface area contributed by atoms with Crippen molar-refractivity contribution in [2.24, 2.45) is 5.92 Å². The van der Waals surface area contributed by atoms with Gasteiger partial charge in [0.05, 0.1) is 0 Å². The average molecular weight is 379 g/mol. The second-order valence-corrected chi connectivity index (χ2v) is 7.32. The fourth-order valence-corrected chi connectivity index (χ4v) is 3.41. The molecule has 25 heavy (non-hydrogen) atoms. The van der Waals surface area contributed by atoms with Crippen LogP contribution < -0.4 is 5.32 Å². The summed E-state index contributed by atoms with van der Waals surface area (Å²) < 4.78 is 0. The number of benzene rings is 1. The van der Waals surface area contributed by atoms with Crippen LogP contribution in [0.15, 0.2) is 24.3 Å². The van der Waals surface area contributed by atoms with Crippen LogP contribution in [0.2, 0.25) is 10.0 Å². The highest BCUT2D eigenvalue weighted by molar-refractivity contribution is 6.35. The molecule has 0 spiro atoms. The maximum Gasteiger partial charge on any atom is 0.272 e. The number of carbonyl (C=O) groups excluding carboxylic acids is 1. The van der Waals surface area contributed by atoms with Crippen molar-refractivity contribution in [2.45, 2.75) is 26.7 Å². The summed E-state index contributed by atoms with van der Waals surface area (Å²) in [7, 11) is 0. The molecule has 1 fully saturated rings. The summed E-state index contributed by atoms with van der Waals surface area (Å²) in [6, 6.07) is 6.82. The van der Waals surface area contributed by atoms with Crippen molar-refractivity contribution in [3.8, 4) is 0 Å². The Morgan fingerprint density at radius 3 is 2.40 bits per heavy atom. The van der Waals surface area contributed by atoms with Gasteiger partial charge >= 0.3 is 0 Å². The number of nitrogens with one attached hydrogen (secondary N) is 1. The van der Waals surface area contributed by atoms with Crippen molar-refractivity contribution in [3.05, 3.63) is 45.8 Å². The molecule has 1 saturated heterocycles. The summed E-state index contributed by atoms with van der Waals surface area (Å²) in [5, 5.41) is 4.20. The average Bonchev–Trinajstić information content (AvgIpc) is 2.53. The Morgan fingerprint density at radius 2 is 1.76 bits per heavy atom. The molecule has 7 heteroatoms. The Bertz CT molecular complexity index is 768. The number of likely N-dealkylation sites (tertiary alicyclic amines) is 1. The molecule has 1 aliphatic heterocycles. The predicted molar refractivity (Wildman–Crippen MR) is 101 cm³/mol. The van der Waals surface area contributed by atoms with E-state index in [1.54, 1.807) is 31.2 Å². The van der Waals surface area contributed by atoms with Crippen molar-refractivity contribution in [3.63, 3.8) is 0 Å². The van der Waals surface area contributed by atoms with Gasteiger partial charge in [-0.05, 0) is 43.9 Å². The highest BCUT2D eigenvalue weighted by Gasteiger charge is 2.23. The van der Waals surface area contributed by atoms with Crippen LogP contribution >= 0.6 is 23.2 Å². The molecular formula is C18H20Cl2N4O. The van der Waals surface area contributed by atoms with Gasteiger partial charge in [-0.2, -0.15) is 0 Å². The van der Waals surface area contributed by atoms with Crippen LogP contribution in [0.5, 0.6) is 0 Å². The normalized spacial score (nSPS) is 15.3. The Kier molecular flexibility index (Phi) is 5.45. The Morgan fingerprint density at radius 1 is 1.12 bits per heavy atom. The first-order chi connectivity index (χ1) is 11.9. The van der Waals surface area contributed by atoms with Gasteiger partial charge in [0.25, 0.3) is 5.91 Å². The third-order valence-corrected chi connectivity index (χ3v) is 4.70. The van der Waals surface area contributed by atoms with Crippen LogP contribution in [0.25, 0.3) is 0 Å². The van der Waals surface area contributed by atoms with E-state index >= 15 is 0 Å². The summed E-state index contributed by atoms with van der Waals surface area (Å²) in [6.45, 7) is 5.53. The van der Waals surface area contributed by atoms with E-state index in [0.717, 1.165) is 25.9 Å². The van der Waals surface area contributed by atoms with Crippen molar-refractivity contribution >= 4 is 40.6 Å². The van der Waals surface area contributed by atoms with Crippen molar-refractivity contribution < 1.29 is 4.79 Å². The molecule has 0 unspecified atom stereocenters. The summed E-state index contributed by atoms with van der Waals surface area (Å²) in [6.07, 6.45) is 2.06. The predicted octanol–water partition coefficient (Wildman–Crippen LogP) is 4.71. The molecule has 3 rings (SSSR count). The number of hydrogen-bond acceptors (Lipinski definition) is 4. The number of anilines is 2. The minimum atomic E-state index is -0.0513. The summed E-state index contributed by atoms with van der Waals surface area (Å²) in [5.41, 5.74) is 1.11. The van der Waals surface area contributed by atoms with Crippen LogP contribution in [-0.2, 0) is 0 Å². The molecule has 5 nitrogen and oxygen atoms in total. The van der Waals surface area contributed by atoms with E-state index in [-0.39, 0.29) is 5.91 Å². The fraction of sp³-hybridized carbons (Fsp3) is 0.389. The number of nitrogens with zero attached hydrogens (tertiary/aromatic N) is 3. The van der Waals surface area contributed by atoms with Gasteiger partial charge in [0.15, 0.2) is 0 Å². The first-order valence-electron chi connectivity index (χ1n) is 8.29. The fourth-order valence-electron chi connectivity index (χ4n) is 2.89. The van der Waals surface area contributed by atoms with Crippen LogP contribution in [0.4, 0.5) is 11.5 Å². The quantitative estimate of drug-likeness (QED) is 0.839. The molecular weight excluding hydrogens is 359 g/mol. The molecule has 132 valence electrons. The maximum atomic E-state index is 12.7. The zero-order chi connectivity index (χ0) is 18.0. The second-order valence-electron chi connectivity index (χ2n) is 6.44. The third kappa shape index (κ3) is 4.61. The number of aromatic nitrogens is 2. The van der Waals surface area contributed by atoms with E-state index in [9.17, 15) is 4.79 Å². The molecule has 0 atom stereocenters. The minimum absolute atomic E-state index is 0.0513. The molecule has 1 aliphatic rings. The Hall–Kier alpha value is -1.85. The first kappa shape index (κ1) is 18.0. The van der Waals surface area contributed by atoms with Crippen LogP contribution in [0, 0.1) is 12.8 Å². The topological polar surface area (TPSA) is 58.1 Å². The summed E-state index contributed by atoms with van der Waals surface area (Å²) in [5.74, 6) is 1.69. The van der Waals surface area contributed by atoms with Crippen molar-refractivity contribution in [1.29, 1.82) is 0 Å². The summed E-state index contributed by atoms with van der Waals surface area (Å²) >= 11 is 12.0. The highest BCUT2D eigenvalue weighted by Crippen LogP contribution is 2.25. The number of hydrogen-bond donors (Lipinski definition) is 1. The lowest BCUT2D eigenvalue weighted by molar-refractivity contribution is 0.0691. The zero-order valence-corrected chi connectivity index (χ0v) is 15.7. The van der Waals surface area contributed by atoms with Gasteiger partial charge in [-0.15, -0.1) is 0 Å². The highest BCUT2D eigenvalue weighted by atomic mass is 35.5. The number of halogens is 2. The van der Waals surface area contributed by atoms with Crippen molar-refractivity contribution in [2.75, 3.05) is 18.4 Å². The number of rotatable bonds is 3. The van der Waals surface area contributed by atoms with E-state index in [0.29, 0.717) is 39.0 Å². The number of piperidine rings is 1.